The fraction of sp³-hybridized carbons (Fsp3) is 0.643. The van der Waals surface area contributed by atoms with E-state index >= 15 is 0 Å². The molecule has 2 fully saturated rings. The first kappa shape index (κ1) is 14.0. The molecule has 0 spiro atoms. The predicted octanol–water partition coefficient (Wildman–Crippen LogP) is 1.58. The van der Waals surface area contributed by atoms with Crippen LogP contribution >= 0.6 is 11.8 Å². The van der Waals surface area contributed by atoms with Crippen molar-refractivity contribution in [3.05, 3.63) is 24.2 Å². The Balaban J connectivity index is 1.50. The number of amides is 1. The summed E-state index contributed by atoms with van der Waals surface area (Å²) in [7, 11) is 0. The van der Waals surface area contributed by atoms with Crippen molar-refractivity contribution in [2.75, 3.05) is 45.1 Å². The van der Waals surface area contributed by atoms with Crippen LogP contribution in [0.2, 0.25) is 0 Å². The summed E-state index contributed by atoms with van der Waals surface area (Å²) in [4.78, 5) is 16.3. The molecule has 0 N–H and O–H groups in total. The van der Waals surface area contributed by atoms with E-state index in [1.165, 1.54) is 0 Å². The van der Waals surface area contributed by atoms with Gasteiger partial charge in [-0.05, 0) is 18.6 Å². The van der Waals surface area contributed by atoms with Gasteiger partial charge in [-0.25, -0.2) is 0 Å². The van der Waals surface area contributed by atoms with Crippen molar-refractivity contribution in [2.24, 2.45) is 0 Å². The van der Waals surface area contributed by atoms with Crippen molar-refractivity contribution < 1.29 is 13.9 Å². The van der Waals surface area contributed by atoms with E-state index < -0.39 is 0 Å². The van der Waals surface area contributed by atoms with Crippen LogP contribution in [-0.4, -0.2) is 60.9 Å². The number of carbonyl (C=O) groups is 1. The maximum atomic E-state index is 12.0. The Labute approximate surface area is 123 Å². The van der Waals surface area contributed by atoms with Gasteiger partial charge in [-0.2, -0.15) is 0 Å². The number of rotatable bonds is 5. The molecule has 1 aromatic rings. The van der Waals surface area contributed by atoms with Crippen LogP contribution in [0, 0.1) is 0 Å². The summed E-state index contributed by atoms with van der Waals surface area (Å²) in [6.45, 7) is 5.49. The van der Waals surface area contributed by atoms with Gasteiger partial charge in [-0.3, -0.25) is 9.69 Å². The first-order valence-electron chi connectivity index (χ1n) is 7.09. The van der Waals surface area contributed by atoms with Gasteiger partial charge >= 0.3 is 0 Å². The number of furan rings is 1. The molecular formula is C14H20N2O3S. The maximum absolute atomic E-state index is 12.0. The lowest BCUT2D eigenvalue weighted by molar-refractivity contribution is -0.128. The summed E-state index contributed by atoms with van der Waals surface area (Å²) in [5.74, 6) is 1.66. The van der Waals surface area contributed by atoms with E-state index in [9.17, 15) is 4.79 Å². The highest BCUT2D eigenvalue weighted by molar-refractivity contribution is 8.00. The van der Waals surface area contributed by atoms with Crippen LogP contribution in [0.4, 0.5) is 0 Å². The number of thioether (sulfide) groups is 1. The van der Waals surface area contributed by atoms with Crippen molar-refractivity contribution in [1.82, 2.24) is 9.80 Å². The van der Waals surface area contributed by atoms with Crippen LogP contribution in [0.5, 0.6) is 0 Å². The molecule has 2 saturated heterocycles. The number of morpholine rings is 1. The van der Waals surface area contributed by atoms with E-state index in [0.29, 0.717) is 5.75 Å². The molecule has 3 heterocycles. The Morgan fingerprint density at radius 2 is 2.15 bits per heavy atom. The Bertz CT molecular complexity index is 432. The molecular weight excluding hydrogens is 276 g/mol. The van der Waals surface area contributed by atoms with Gasteiger partial charge in [0.05, 0.1) is 25.2 Å². The standard InChI is InChI=1S/C14H20N2O3S/c17-13-11-20-14(12-3-1-8-19-12)16(13)5-2-4-15-6-9-18-10-7-15/h1,3,8,14H,2,4-7,9-11H2. The van der Waals surface area contributed by atoms with Crippen molar-refractivity contribution in [1.29, 1.82) is 0 Å². The van der Waals surface area contributed by atoms with Crippen LogP contribution in [0.15, 0.2) is 22.8 Å². The second-order valence-corrected chi connectivity index (χ2v) is 6.14. The first-order valence-corrected chi connectivity index (χ1v) is 8.14. The SMILES string of the molecule is O=C1CSC(c2ccco2)N1CCCN1CCOCC1. The topological polar surface area (TPSA) is 45.9 Å². The molecule has 1 atom stereocenters. The Kier molecular flexibility index (Phi) is 4.65. The maximum Gasteiger partial charge on any atom is 0.233 e. The molecule has 0 aromatic carbocycles. The fourth-order valence-electron chi connectivity index (χ4n) is 2.65. The predicted molar refractivity (Wildman–Crippen MR) is 77.5 cm³/mol. The summed E-state index contributed by atoms with van der Waals surface area (Å²) in [6.07, 6.45) is 2.67. The van der Waals surface area contributed by atoms with Gasteiger partial charge in [0.1, 0.15) is 11.1 Å². The molecule has 0 saturated carbocycles. The summed E-state index contributed by atoms with van der Waals surface area (Å²) < 4.78 is 10.8. The third-order valence-corrected chi connectivity index (χ3v) is 4.95. The van der Waals surface area contributed by atoms with E-state index in [1.54, 1.807) is 18.0 Å². The van der Waals surface area contributed by atoms with Crippen molar-refractivity contribution in [2.45, 2.75) is 11.8 Å². The van der Waals surface area contributed by atoms with E-state index in [4.69, 9.17) is 9.15 Å². The number of carbonyl (C=O) groups excluding carboxylic acids is 1. The summed E-state index contributed by atoms with van der Waals surface area (Å²) >= 11 is 1.65. The van der Waals surface area contributed by atoms with E-state index in [2.05, 4.69) is 4.90 Å². The zero-order chi connectivity index (χ0) is 13.8. The van der Waals surface area contributed by atoms with Crippen molar-refractivity contribution in [3.63, 3.8) is 0 Å². The lowest BCUT2D eigenvalue weighted by Gasteiger charge is -2.28. The molecule has 2 aliphatic rings. The average molecular weight is 296 g/mol. The number of hydrogen-bond donors (Lipinski definition) is 0. The minimum Gasteiger partial charge on any atom is -0.466 e. The highest BCUT2D eigenvalue weighted by Crippen LogP contribution is 2.38. The largest absolute Gasteiger partial charge is 0.466 e. The third-order valence-electron chi connectivity index (χ3n) is 3.73. The van der Waals surface area contributed by atoms with E-state index in [1.807, 2.05) is 17.0 Å². The molecule has 6 heteroatoms. The molecule has 3 rings (SSSR count). The summed E-state index contributed by atoms with van der Waals surface area (Å²) in [5, 5.41) is 0.0576. The lowest BCUT2D eigenvalue weighted by atomic mass is 10.3. The van der Waals surface area contributed by atoms with Crippen molar-refractivity contribution >= 4 is 17.7 Å². The molecule has 1 amide bonds. The van der Waals surface area contributed by atoms with Gasteiger partial charge in [0.2, 0.25) is 5.91 Å². The molecule has 0 bridgehead atoms. The second-order valence-electron chi connectivity index (χ2n) is 5.07. The fourth-order valence-corrected chi connectivity index (χ4v) is 3.82. The van der Waals surface area contributed by atoms with Crippen molar-refractivity contribution in [3.8, 4) is 0 Å². The quantitative estimate of drug-likeness (QED) is 0.825. The number of nitrogens with zero attached hydrogens (tertiary/aromatic N) is 2. The minimum absolute atomic E-state index is 0.0576. The summed E-state index contributed by atoms with van der Waals surface area (Å²) in [6, 6.07) is 3.83. The molecule has 1 unspecified atom stereocenters. The molecule has 1 aromatic heterocycles. The average Bonchev–Trinajstić information content (AvgIpc) is 3.11. The second kappa shape index (κ2) is 6.65. The highest BCUT2D eigenvalue weighted by atomic mass is 32.2. The van der Waals surface area contributed by atoms with Gasteiger partial charge in [0, 0.05) is 26.2 Å². The van der Waals surface area contributed by atoms with Gasteiger partial charge in [-0.1, -0.05) is 0 Å². The minimum atomic E-state index is 0.0576. The molecule has 5 nitrogen and oxygen atoms in total. The van der Waals surface area contributed by atoms with Crippen LogP contribution in [0.3, 0.4) is 0 Å². The summed E-state index contributed by atoms with van der Waals surface area (Å²) in [5.41, 5.74) is 0. The van der Waals surface area contributed by atoms with Crippen LogP contribution in [0.25, 0.3) is 0 Å². The number of hydrogen-bond acceptors (Lipinski definition) is 5. The van der Waals surface area contributed by atoms with Gasteiger partial charge in [-0.15, -0.1) is 11.8 Å². The monoisotopic (exact) mass is 296 g/mol. The van der Waals surface area contributed by atoms with E-state index in [0.717, 1.165) is 51.6 Å². The van der Waals surface area contributed by atoms with Crippen LogP contribution < -0.4 is 0 Å². The van der Waals surface area contributed by atoms with E-state index in [-0.39, 0.29) is 11.3 Å². The van der Waals surface area contributed by atoms with Gasteiger partial charge < -0.3 is 14.1 Å². The van der Waals surface area contributed by atoms with Crippen LogP contribution in [-0.2, 0) is 9.53 Å². The Morgan fingerprint density at radius 1 is 1.30 bits per heavy atom. The number of ether oxygens (including phenoxy) is 1. The molecule has 20 heavy (non-hydrogen) atoms. The third kappa shape index (κ3) is 3.19. The Morgan fingerprint density at radius 3 is 2.90 bits per heavy atom. The normalized spacial score (nSPS) is 24.5. The molecule has 0 aliphatic carbocycles. The zero-order valence-corrected chi connectivity index (χ0v) is 12.3. The highest BCUT2D eigenvalue weighted by Gasteiger charge is 2.34. The zero-order valence-electron chi connectivity index (χ0n) is 11.5. The smallest absolute Gasteiger partial charge is 0.233 e. The molecule has 0 radical (unpaired) electrons. The van der Waals surface area contributed by atoms with Gasteiger partial charge in [0.25, 0.3) is 0 Å². The molecule has 110 valence electrons. The van der Waals surface area contributed by atoms with Gasteiger partial charge in [0.15, 0.2) is 0 Å². The molecule has 2 aliphatic heterocycles. The van der Waals surface area contributed by atoms with Crippen LogP contribution in [0.1, 0.15) is 17.6 Å². The first-order chi connectivity index (χ1) is 9.84. The Hall–Kier alpha value is -0.980. The lowest BCUT2D eigenvalue weighted by Crippen LogP contribution is -2.38.